The Hall–Kier alpha value is -1.31. The summed E-state index contributed by atoms with van der Waals surface area (Å²) in [5.74, 6) is -0.167. The van der Waals surface area contributed by atoms with Crippen molar-refractivity contribution in [1.82, 2.24) is 4.98 Å². The summed E-state index contributed by atoms with van der Waals surface area (Å²) in [6.45, 7) is 6.67. The molecule has 86 valence electrons. The van der Waals surface area contributed by atoms with Crippen LogP contribution in [0.5, 0.6) is 0 Å². The number of nitrogens with one attached hydrogen (secondary N) is 1. The van der Waals surface area contributed by atoms with E-state index in [4.69, 9.17) is 0 Å². The highest BCUT2D eigenvalue weighted by atomic mass is 19.1. The van der Waals surface area contributed by atoms with Gasteiger partial charge in [-0.1, -0.05) is 32.9 Å². The molecule has 0 aliphatic heterocycles. The molecule has 0 fully saturated rings. The van der Waals surface area contributed by atoms with Crippen molar-refractivity contribution in [3.8, 4) is 0 Å². The van der Waals surface area contributed by atoms with Crippen molar-refractivity contribution in [3.63, 3.8) is 0 Å². The minimum absolute atomic E-state index is 0.167. The Morgan fingerprint density at radius 1 is 1.25 bits per heavy atom. The first-order valence-corrected chi connectivity index (χ1v) is 5.72. The standard InChI is InChI=1S/C14H18FN/c1-14(2,3)8-7-10-9-16-13-11(10)5-4-6-12(13)15/h4-6,9,16H,7-8H2,1-3H3. The first-order chi connectivity index (χ1) is 7.47. The smallest absolute Gasteiger partial charge is 0.147 e. The molecule has 2 rings (SSSR count). The molecule has 0 saturated carbocycles. The van der Waals surface area contributed by atoms with Crippen LogP contribution < -0.4 is 0 Å². The number of rotatable bonds is 2. The molecule has 1 aromatic carbocycles. The van der Waals surface area contributed by atoms with Gasteiger partial charge in [0.1, 0.15) is 5.82 Å². The molecule has 1 aromatic heterocycles. The van der Waals surface area contributed by atoms with Crippen LogP contribution in [0.3, 0.4) is 0 Å². The third kappa shape index (κ3) is 2.26. The van der Waals surface area contributed by atoms with Gasteiger partial charge in [-0.3, -0.25) is 0 Å². The summed E-state index contributed by atoms with van der Waals surface area (Å²) in [4.78, 5) is 3.02. The van der Waals surface area contributed by atoms with Crippen LogP contribution in [0.4, 0.5) is 4.39 Å². The summed E-state index contributed by atoms with van der Waals surface area (Å²) < 4.78 is 13.4. The molecule has 2 heteroatoms. The lowest BCUT2D eigenvalue weighted by Crippen LogP contribution is -2.05. The zero-order chi connectivity index (χ0) is 11.8. The number of aryl methyl sites for hydroxylation is 1. The third-order valence-electron chi connectivity index (χ3n) is 2.89. The van der Waals surface area contributed by atoms with Crippen molar-refractivity contribution in [2.75, 3.05) is 0 Å². The minimum atomic E-state index is -0.167. The predicted molar refractivity (Wildman–Crippen MR) is 66.0 cm³/mol. The minimum Gasteiger partial charge on any atom is -0.359 e. The second-order valence-corrected chi connectivity index (χ2v) is 5.54. The second kappa shape index (κ2) is 3.93. The molecule has 1 N–H and O–H groups in total. The van der Waals surface area contributed by atoms with Gasteiger partial charge in [0, 0.05) is 11.6 Å². The van der Waals surface area contributed by atoms with Crippen LogP contribution in [-0.2, 0) is 6.42 Å². The van der Waals surface area contributed by atoms with Crippen LogP contribution >= 0.6 is 0 Å². The van der Waals surface area contributed by atoms with E-state index in [0.717, 1.165) is 18.2 Å². The molecule has 0 aliphatic carbocycles. The molecular weight excluding hydrogens is 201 g/mol. The van der Waals surface area contributed by atoms with Crippen LogP contribution in [0.25, 0.3) is 10.9 Å². The van der Waals surface area contributed by atoms with Crippen LogP contribution in [0.2, 0.25) is 0 Å². The van der Waals surface area contributed by atoms with Gasteiger partial charge >= 0.3 is 0 Å². The molecule has 0 radical (unpaired) electrons. The van der Waals surface area contributed by atoms with E-state index >= 15 is 0 Å². The van der Waals surface area contributed by atoms with Crippen LogP contribution in [0, 0.1) is 11.2 Å². The van der Waals surface area contributed by atoms with Crippen molar-refractivity contribution in [3.05, 3.63) is 35.8 Å². The van der Waals surface area contributed by atoms with Crippen molar-refractivity contribution < 1.29 is 4.39 Å². The normalized spacial score (nSPS) is 12.2. The summed E-state index contributed by atoms with van der Waals surface area (Å²) in [6, 6.07) is 5.24. The summed E-state index contributed by atoms with van der Waals surface area (Å²) in [5, 5.41) is 1.02. The monoisotopic (exact) mass is 219 g/mol. The van der Waals surface area contributed by atoms with E-state index in [9.17, 15) is 4.39 Å². The summed E-state index contributed by atoms with van der Waals surface area (Å²) in [6.07, 6.45) is 4.03. The lowest BCUT2D eigenvalue weighted by Gasteiger charge is -2.17. The number of benzene rings is 1. The van der Waals surface area contributed by atoms with Crippen molar-refractivity contribution in [1.29, 1.82) is 0 Å². The fourth-order valence-electron chi connectivity index (χ4n) is 1.89. The molecule has 2 aromatic rings. The molecule has 1 heterocycles. The summed E-state index contributed by atoms with van der Waals surface area (Å²) in [5.41, 5.74) is 2.16. The second-order valence-electron chi connectivity index (χ2n) is 5.54. The van der Waals surface area contributed by atoms with E-state index in [1.807, 2.05) is 12.3 Å². The van der Waals surface area contributed by atoms with E-state index in [-0.39, 0.29) is 5.82 Å². The van der Waals surface area contributed by atoms with E-state index in [1.54, 1.807) is 6.07 Å². The van der Waals surface area contributed by atoms with E-state index < -0.39 is 0 Å². The highest BCUT2D eigenvalue weighted by Crippen LogP contribution is 2.26. The Balaban J connectivity index is 2.29. The molecule has 0 unspecified atom stereocenters. The zero-order valence-corrected chi connectivity index (χ0v) is 10.1. The number of hydrogen-bond acceptors (Lipinski definition) is 0. The van der Waals surface area contributed by atoms with Crippen molar-refractivity contribution in [2.24, 2.45) is 5.41 Å². The number of hydrogen-bond donors (Lipinski definition) is 1. The number of fused-ring (bicyclic) bond motifs is 1. The van der Waals surface area contributed by atoms with Gasteiger partial charge in [0.05, 0.1) is 5.52 Å². The highest BCUT2D eigenvalue weighted by molar-refractivity contribution is 5.83. The largest absolute Gasteiger partial charge is 0.359 e. The maximum absolute atomic E-state index is 13.4. The topological polar surface area (TPSA) is 15.8 Å². The summed E-state index contributed by atoms with van der Waals surface area (Å²) >= 11 is 0. The fraction of sp³-hybridized carbons (Fsp3) is 0.429. The molecule has 0 bridgehead atoms. The Bertz CT molecular complexity index is 491. The summed E-state index contributed by atoms with van der Waals surface area (Å²) in [7, 11) is 0. The quantitative estimate of drug-likeness (QED) is 0.775. The SMILES string of the molecule is CC(C)(C)CCc1c[nH]c2c(F)cccc12. The van der Waals surface area contributed by atoms with Gasteiger partial charge in [-0.2, -0.15) is 0 Å². The Morgan fingerprint density at radius 3 is 2.69 bits per heavy atom. The number of halogens is 1. The van der Waals surface area contributed by atoms with Gasteiger partial charge < -0.3 is 4.98 Å². The maximum atomic E-state index is 13.4. The number of H-pyrrole nitrogens is 1. The first-order valence-electron chi connectivity index (χ1n) is 5.72. The molecule has 0 spiro atoms. The lowest BCUT2D eigenvalue weighted by atomic mass is 9.89. The molecule has 16 heavy (non-hydrogen) atoms. The van der Waals surface area contributed by atoms with Gasteiger partial charge in [-0.25, -0.2) is 4.39 Å². The Labute approximate surface area is 95.7 Å². The van der Waals surface area contributed by atoms with Crippen LogP contribution in [-0.4, -0.2) is 4.98 Å². The van der Waals surface area contributed by atoms with Crippen molar-refractivity contribution in [2.45, 2.75) is 33.6 Å². The number of para-hydroxylation sites is 1. The van der Waals surface area contributed by atoms with E-state index in [2.05, 4.69) is 25.8 Å². The predicted octanol–water partition coefficient (Wildman–Crippen LogP) is 4.29. The lowest BCUT2D eigenvalue weighted by molar-refractivity contribution is 0.379. The Kier molecular flexibility index (Phi) is 2.75. The zero-order valence-electron chi connectivity index (χ0n) is 10.1. The molecular formula is C14H18FN. The average molecular weight is 219 g/mol. The molecule has 0 aliphatic rings. The fourth-order valence-corrected chi connectivity index (χ4v) is 1.89. The highest BCUT2D eigenvalue weighted by Gasteiger charge is 2.12. The molecule has 0 atom stereocenters. The van der Waals surface area contributed by atoms with Crippen LogP contribution in [0.1, 0.15) is 32.8 Å². The van der Waals surface area contributed by atoms with Gasteiger partial charge in [0.2, 0.25) is 0 Å². The Morgan fingerprint density at radius 2 is 2.00 bits per heavy atom. The van der Waals surface area contributed by atoms with Gasteiger partial charge in [0.15, 0.2) is 0 Å². The molecule has 0 amide bonds. The molecule has 1 nitrogen and oxygen atoms in total. The third-order valence-corrected chi connectivity index (χ3v) is 2.89. The van der Waals surface area contributed by atoms with E-state index in [1.165, 1.54) is 11.6 Å². The van der Waals surface area contributed by atoms with Gasteiger partial charge in [-0.15, -0.1) is 0 Å². The number of aromatic amines is 1. The van der Waals surface area contributed by atoms with Gasteiger partial charge in [0.25, 0.3) is 0 Å². The van der Waals surface area contributed by atoms with E-state index in [0.29, 0.717) is 10.9 Å². The number of aromatic nitrogens is 1. The molecule has 0 saturated heterocycles. The average Bonchev–Trinajstić information content (AvgIpc) is 2.58. The van der Waals surface area contributed by atoms with Crippen LogP contribution in [0.15, 0.2) is 24.4 Å². The maximum Gasteiger partial charge on any atom is 0.147 e. The van der Waals surface area contributed by atoms with Crippen molar-refractivity contribution >= 4 is 10.9 Å². The first kappa shape index (κ1) is 11.2. The van der Waals surface area contributed by atoms with Gasteiger partial charge in [-0.05, 0) is 29.9 Å².